The van der Waals surface area contributed by atoms with Gasteiger partial charge < -0.3 is 14.5 Å². The summed E-state index contributed by atoms with van der Waals surface area (Å²) in [6.45, 7) is 4.76. The van der Waals surface area contributed by atoms with Gasteiger partial charge in [0.15, 0.2) is 0 Å². The summed E-state index contributed by atoms with van der Waals surface area (Å²) in [6.07, 6.45) is 5.06. The van der Waals surface area contributed by atoms with E-state index in [1.165, 1.54) is 19.3 Å². The zero-order valence-electron chi connectivity index (χ0n) is 10.00. The van der Waals surface area contributed by atoms with Crippen LogP contribution in [0.1, 0.15) is 37.7 Å². The number of hydrogen-bond donors (Lipinski definition) is 1. The van der Waals surface area contributed by atoms with E-state index in [9.17, 15) is 0 Å². The Hall–Kier alpha value is -0.800. The monoisotopic (exact) mass is 223 g/mol. The maximum absolute atomic E-state index is 5.65. The van der Waals surface area contributed by atoms with E-state index in [2.05, 4.69) is 12.2 Å². The van der Waals surface area contributed by atoms with Crippen LogP contribution in [0.2, 0.25) is 0 Å². The lowest BCUT2D eigenvalue weighted by atomic mass is 10.1. The fourth-order valence-corrected chi connectivity index (χ4v) is 2.03. The van der Waals surface area contributed by atoms with E-state index >= 15 is 0 Å². The van der Waals surface area contributed by atoms with Crippen molar-refractivity contribution in [1.82, 2.24) is 5.32 Å². The van der Waals surface area contributed by atoms with Crippen LogP contribution < -0.4 is 5.32 Å². The molecule has 1 unspecified atom stereocenters. The van der Waals surface area contributed by atoms with E-state index in [4.69, 9.17) is 9.15 Å². The van der Waals surface area contributed by atoms with Gasteiger partial charge in [0, 0.05) is 19.6 Å². The van der Waals surface area contributed by atoms with E-state index < -0.39 is 0 Å². The second-order valence-corrected chi connectivity index (χ2v) is 4.34. The van der Waals surface area contributed by atoms with Gasteiger partial charge in [-0.2, -0.15) is 0 Å². The standard InChI is InChI=1S/C13H21NO2/c1-2-11-6-7-13(16-11)10-14-9-12-5-3-4-8-15-12/h6-7,12,14H,2-5,8-10H2,1H3. The Bertz CT molecular complexity index is 303. The van der Waals surface area contributed by atoms with Crippen LogP contribution in [0.15, 0.2) is 16.5 Å². The van der Waals surface area contributed by atoms with E-state index in [1.807, 2.05) is 12.1 Å². The first-order valence-corrected chi connectivity index (χ1v) is 6.28. The molecule has 2 rings (SSSR count). The molecule has 0 radical (unpaired) electrons. The summed E-state index contributed by atoms with van der Waals surface area (Å²) in [6, 6.07) is 4.10. The summed E-state index contributed by atoms with van der Waals surface area (Å²) in [5, 5.41) is 3.39. The van der Waals surface area contributed by atoms with E-state index in [0.717, 1.165) is 37.6 Å². The molecule has 1 fully saturated rings. The Balaban J connectivity index is 1.66. The summed E-state index contributed by atoms with van der Waals surface area (Å²) in [7, 11) is 0. The Morgan fingerprint density at radius 2 is 2.19 bits per heavy atom. The molecule has 1 aliphatic heterocycles. The molecule has 1 aromatic rings. The van der Waals surface area contributed by atoms with Crippen molar-refractivity contribution in [2.45, 2.75) is 45.3 Å². The molecule has 2 heterocycles. The molecule has 1 aliphatic rings. The maximum atomic E-state index is 5.65. The Labute approximate surface area is 97.2 Å². The lowest BCUT2D eigenvalue weighted by Crippen LogP contribution is -2.31. The quantitative estimate of drug-likeness (QED) is 0.833. The molecule has 0 saturated carbocycles. The van der Waals surface area contributed by atoms with Gasteiger partial charge in [0.05, 0.1) is 12.6 Å². The van der Waals surface area contributed by atoms with Gasteiger partial charge in [-0.25, -0.2) is 0 Å². The molecule has 90 valence electrons. The third-order valence-corrected chi connectivity index (χ3v) is 3.01. The van der Waals surface area contributed by atoms with Crippen LogP contribution in [0.25, 0.3) is 0 Å². The molecule has 1 N–H and O–H groups in total. The molecule has 0 bridgehead atoms. The molecule has 0 aromatic carbocycles. The normalized spacial score (nSPS) is 21.2. The van der Waals surface area contributed by atoms with Gasteiger partial charge in [0.1, 0.15) is 11.5 Å². The number of ether oxygens (including phenoxy) is 1. The first kappa shape index (κ1) is 11.7. The van der Waals surface area contributed by atoms with Crippen molar-refractivity contribution in [1.29, 1.82) is 0 Å². The minimum atomic E-state index is 0.398. The van der Waals surface area contributed by atoms with E-state index in [-0.39, 0.29) is 0 Å². The molecular weight excluding hydrogens is 202 g/mol. The van der Waals surface area contributed by atoms with Crippen molar-refractivity contribution >= 4 is 0 Å². The number of aryl methyl sites for hydroxylation is 1. The largest absolute Gasteiger partial charge is 0.465 e. The van der Waals surface area contributed by atoms with Gasteiger partial charge in [-0.1, -0.05) is 6.92 Å². The summed E-state index contributed by atoms with van der Waals surface area (Å²) in [4.78, 5) is 0. The Morgan fingerprint density at radius 1 is 1.31 bits per heavy atom. The van der Waals surface area contributed by atoms with Crippen molar-refractivity contribution in [3.8, 4) is 0 Å². The van der Waals surface area contributed by atoms with E-state index in [0.29, 0.717) is 6.10 Å². The zero-order valence-corrected chi connectivity index (χ0v) is 10.00. The van der Waals surface area contributed by atoms with Crippen LogP contribution in [0.4, 0.5) is 0 Å². The zero-order chi connectivity index (χ0) is 11.2. The summed E-state index contributed by atoms with van der Waals surface area (Å²) in [5.74, 6) is 2.08. The molecule has 3 nitrogen and oxygen atoms in total. The van der Waals surface area contributed by atoms with Gasteiger partial charge in [-0.05, 0) is 31.4 Å². The van der Waals surface area contributed by atoms with Crippen molar-refractivity contribution < 1.29 is 9.15 Å². The molecular formula is C13H21NO2. The predicted molar refractivity (Wildman–Crippen MR) is 63.4 cm³/mol. The molecule has 0 amide bonds. The van der Waals surface area contributed by atoms with Crippen LogP contribution in [0.5, 0.6) is 0 Å². The Morgan fingerprint density at radius 3 is 2.88 bits per heavy atom. The average molecular weight is 223 g/mol. The van der Waals surface area contributed by atoms with Gasteiger partial charge in [-0.3, -0.25) is 0 Å². The first-order valence-electron chi connectivity index (χ1n) is 6.28. The molecule has 1 atom stereocenters. The van der Waals surface area contributed by atoms with Gasteiger partial charge in [0.25, 0.3) is 0 Å². The SMILES string of the molecule is CCc1ccc(CNCC2CCCCO2)o1. The highest BCUT2D eigenvalue weighted by Gasteiger charge is 2.13. The predicted octanol–water partition coefficient (Wildman–Crippen LogP) is 2.50. The maximum Gasteiger partial charge on any atom is 0.117 e. The third kappa shape index (κ3) is 3.35. The van der Waals surface area contributed by atoms with Gasteiger partial charge >= 0.3 is 0 Å². The Kier molecular flexibility index (Phi) is 4.43. The van der Waals surface area contributed by atoms with E-state index in [1.54, 1.807) is 0 Å². The third-order valence-electron chi connectivity index (χ3n) is 3.01. The van der Waals surface area contributed by atoms with Crippen LogP contribution in [0, 0.1) is 0 Å². The lowest BCUT2D eigenvalue weighted by molar-refractivity contribution is 0.0165. The molecule has 1 saturated heterocycles. The number of nitrogens with one attached hydrogen (secondary N) is 1. The first-order chi connectivity index (χ1) is 7.88. The fraction of sp³-hybridized carbons (Fsp3) is 0.692. The van der Waals surface area contributed by atoms with Crippen LogP contribution in [-0.4, -0.2) is 19.3 Å². The average Bonchev–Trinajstić information content (AvgIpc) is 2.78. The highest BCUT2D eigenvalue weighted by atomic mass is 16.5. The van der Waals surface area contributed by atoms with Crippen molar-refractivity contribution in [3.63, 3.8) is 0 Å². The second kappa shape index (κ2) is 6.06. The summed E-state index contributed by atoms with van der Waals surface area (Å²) in [5.41, 5.74) is 0. The molecule has 1 aromatic heterocycles. The minimum Gasteiger partial charge on any atom is -0.465 e. The number of hydrogen-bond acceptors (Lipinski definition) is 3. The highest BCUT2D eigenvalue weighted by Crippen LogP contribution is 2.12. The molecule has 0 spiro atoms. The lowest BCUT2D eigenvalue weighted by Gasteiger charge is -2.22. The highest BCUT2D eigenvalue weighted by molar-refractivity contribution is 5.06. The van der Waals surface area contributed by atoms with Crippen molar-refractivity contribution in [3.05, 3.63) is 23.7 Å². The fourth-order valence-electron chi connectivity index (χ4n) is 2.03. The summed E-state index contributed by atoms with van der Waals surface area (Å²) >= 11 is 0. The van der Waals surface area contributed by atoms with Gasteiger partial charge in [-0.15, -0.1) is 0 Å². The topological polar surface area (TPSA) is 34.4 Å². The molecule has 0 aliphatic carbocycles. The van der Waals surface area contributed by atoms with Crippen LogP contribution >= 0.6 is 0 Å². The smallest absolute Gasteiger partial charge is 0.117 e. The van der Waals surface area contributed by atoms with Crippen LogP contribution in [0.3, 0.4) is 0 Å². The molecule has 3 heteroatoms. The van der Waals surface area contributed by atoms with Crippen LogP contribution in [-0.2, 0) is 17.7 Å². The van der Waals surface area contributed by atoms with Gasteiger partial charge in [0.2, 0.25) is 0 Å². The molecule has 16 heavy (non-hydrogen) atoms. The van der Waals surface area contributed by atoms with Crippen molar-refractivity contribution in [2.24, 2.45) is 0 Å². The number of furan rings is 1. The van der Waals surface area contributed by atoms with Crippen molar-refractivity contribution in [2.75, 3.05) is 13.2 Å². The minimum absolute atomic E-state index is 0.398. The summed E-state index contributed by atoms with van der Waals surface area (Å²) < 4.78 is 11.3. The second-order valence-electron chi connectivity index (χ2n) is 4.34. The number of rotatable bonds is 5.